The highest BCUT2D eigenvalue weighted by molar-refractivity contribution is 5.91. The number of hydrogen-bond acceptors (Lipinski definition) is 5. The number of aryl methyl sites for hydroxylation is 1. The molecule has 3 rings (SSSR count). The molecule has 0 saturated carbocycles. The Morgan fingerprint density at radius 1 is 1.12 bits per heavy atom. The van der Waals surface area contributed by atoms with Crippen molar-refractivity contribution in [3.63, 3.8) is 0 Å². The van der Waals surface area contributed by atoms with E-state index in [9.17, 15) is 9.18 Å². The molecule has 2 aromatic heterocycles. The molecule has 6 heteroatoms. The summed E-state index contributed by atoms with van der Waals surface area (Å²) in [6, 6.07) is 9.75. The number of nitrogens with zero attached hydrogens (tertiary/aromatic N) is 2. The van der Waals surface area contributed by atoms with Gasteiger partial charge in [-0.25, -0.2) is 14.2 Å². The van der Waals surface area contributed by atoms with E-state index in [4.69, 9.17) is 5.73 Å². The molecule has 0 bridgehead atoms. The van der Waals surface area contributed by atoms with Gasteiger partial charge in [-0.15, -0.1) is 0 Å². The van der Waals surface area contributed by atoms with E-state index in [0.717, 1.165) is 22.4 Å². The van der Waals surface area contributed by atoms with Gasteiger partial charge in [-0.05, 0) is 48.4 Å². The molecule has 0 aliphatic carbocycles. The number of esters is 1. The summed E-state index contributed by atoms with van der Waals surface area (Å²) < 4.78 is 18.9. The van der Waals surface area contributed by atoms with Crippen LogP contribution in [-0.4, -0.2) is 23.0 Å². The lowest BCUT2D eigenvalue weighted by Crippen LogP contribution is -2.04. The van der Waals surface area contributed by atoms with E-state index in [2.05, 4.69) is 14.7 Å². The van der Waals surface area contributed by atoms with Gasteiger partial charge in [-0.3, -0.25) is 4.98 Å². The Morgan fingerprint density at radius 3 is 2.52 bits per heavy atom. The molecule has 3 aromatic rings. The van der Waals surface area contributed by atoms with E-state index in [1.54, 1.807) is 30.6 Å². The first-order valence-electron chi connectivity index (χ1n) is 7.57. The van der Waals surface area contributed by atoms with Gasteiger partial charge >= 0.3 is 5.97 Å². The highest BCUT2D eigenvalue weighted by Gasteiger charge is 2.16. The lowest BCUT2D eigenvalue weighted by Gasteiger charge is -2.13. The molecule has 0 fully saturated rings. The second kappa shape index (κ2) is 6.68. The number of anilines is 1. The van der Waals surface area contributed by atoms with Gasteiger partial charge in [-0.2, -0.15) is 0 Å². The van der Waals surface area contributed by atoms with Gasteiger partial charge in [0.05, 0.1) is 12.7 Å². The lowest BCUT2D eigenvalue weighted by molar-refractivity contribution is 0.0595. The van der Waals surface area contributed by atoms with Gasteiger partial charge < -0.3 is 10.5 Å². The van der Waals surface area contributed by atoms with Crippen LogP contribution in [-0.2, 0) is 4.74 Å². The van der Waals surface area contributed by atoms with Crippen LogP contribution in [0, 0.1) is 12.7 Å². The molecule has 0 aliphatic heterocycles. The number of ether oxygens (including phenoxy) is 1. The van der Waals surface area contributed by atoms with E-state index in [1.807, 2.05) is 13.0 Å². The number of nitrogen functional groups attached to an aromatic ring is 1. The first kappa shape index (κ1) is 16.6. The molecule has 25 heavy (non-hydrogen) atoms. The van der Waals surface area contributed by atoms with Crippen molar-refractivity contribution >= 4 is 11.8 Å². The van der Waals surface area contributed by atoms with Crippen molar-refractivity contribution in [2.45, 2.75) is 6.92 Å². The van der Waals surface area contributed by atoms with Gasteiger partial charge in [0.2, 0.25) is 0 Å². The number of halogens is 1. The number of aromatic nitrogens is 2. The van der Waals surface area contributed by atoms with Crippen molar-refractivity contribution in [2.24, 2.45) is 0 Å². The maximum atomic E-state index is 14.3. The van der Waals surface area contributed by atoms with E-state index in [1.165, 1.54) is 19.2 Å². The third kappa shape index (κ3) is 3.19. The fraction of sp³-hybridized carbons (Fsp3) is 0.105. The number of benzene rings is 1. The second-order valence-electron chi connectivity index (χ2n) is 5.48. The Hall–Kier alpha value is -3.28. The zero-order chi connectivity index (χ0) is 18.0. The van der Waals surface area contributed by atoms with E-state index < -0.39 is 11.8 Å². The normalized spacial score (nSPS) is 10.5. The number of methoxy groups -OCH3 is 1. The Labute approximate surface area is 144 Å². The van der Waals surface area contributed by atoms with Gasteiger partial charge in [0.25, 0.3) is 0 Å². The topological polar surface area (TPSA) is 78.1 Å². The molecule has 0 aliphatic rings. The summed E-state index contributed by atoms with van der Waals surface area (Å²) in [4.78, 5) is 20.0. The standard InChI is InChI=1S/C19H16FN3O2/c1-11-18(13-4-6-17(21)23-10-13)14(7-8-22-11)12-3-5-15(16(20)9-12)19(24)25-2/h3-10H,1-2H3,(H2,21,23). The van der Waals surface area contributed by atoms with Crippen molar-refractivity contribution in [3.8, 4) is 22.3 Å². The summed E-state index contributed by atoms with van der Waals surface area (Å²) in [5.41, 5.74) is 9.40. The Morgan fingerprint density at radius 2 is 1.88 bits per heavy atom. The fourth-order valence-electron chi connectivity index (χ4n) is 2.68. The molecular weight excluding hydrogens is 321 g/mol. The second-order valence-corrected chi connectivity index (χ2v) is 5.48. The fourth-order valence-corrected chi connectivity index (χ4v) is 2.68. The van der Waals surface area contributed by atoms with Crippen LogP contribution < -0.4 is 5.73 Å². The van der Waals surface area contributed by atoms with Crippen molar-refractivity contribution in [3.05, 3.63) is 65.9 Å². The third-order valence-electron chi connectivity index (χ3n) is 3.90. The molecular formula is C19H16FN3O2. The summed E-state index contributed by atoms with van der Waals surface area (Å²) in [7, 11) is 1.22. The summed E-state index contributed by atoms with van der Waals surface area (Å²) >= 11 is 0. The van der Waals surface area contributed by atoms with Gasteiger partial charge in [0.1, 0.15) is 11.6 Å². The maximum Gasteiger partial charge on any atom is 0.340 e. The Kier molecular flexibility index (Phi) is 4.43. The summed E-state index contributed by atoms with van der Waals surface area (Å²) in [5, 5.41) is 0. The predicted octanol–water partition coefficient (Wildman–Crippen LogP) is 3.63. The van der Waals surface area contributed by atoms with Gasteiger partial charge in [-0.1, -0.05) is 6.07 Å². The summed E-state index contributed by atoms with van der Waals surface area (Å²) in [6.45, 7) is 1.87. The van der Waals surface area contributed by atoms with Crippen LogP contribution in [0.4, 0.5) is 10.2 Å². The quantitative estimate of drug-likeness (QED) is 0.739. The van der Waals surface area contributed by atoms with Crippen LogP contribution in [0.5, 0.6) is 0 Å². The molecule has 2 N–H and O–H groups in total. The van der Waals surface area contributed by atoms with Crippen LogP contribution in [0.2, 0.25) is 0 Å². The van der Waals surface area contributed by atoms with Crippen LogP contribution in [0.3, 0.4) is 0 Å². The van der Waals surface area contributed by atoms with Crippen molar-refractivity contribution in [2.75, 3.05) is 12.8 Å². The van der Waals surface area contributed by atoms with Gasteiger partial charge in [0.15, 0.2) is 0 Å². The largest absolute Gasteiger partial charge is 0.465 e. The summed E-state index contributed by atoms with van der Waals surface area (Å²) in [5.74, 6) is -0.932. The summed E-state index contributed by atoms with van der Waals surface area (Å²) in [6.07, 6.45) is 3.31. The van der Waals surface area contributed by atoms with Crippen molar-refractivity contribution in [1.29, 1.82) is 0 Å². The smallest absolute Gasteiger partial charge is 0.340 e. The monoisotopic (exact) mass is 337 g/mol. The average Bonchev–Trinajstić information content (AvgIpc) is 2.62. The maximum absolute atomic E-state index is 14.3. The molecule has 126 valence electrons. The van der Waals surface area contributed by atoms with Gasteiger partial charge in [0, 0.05) is 29.2 Å². The highest BCUT2D eigenvalue weighted by atomic mass is 19.1. The highest BCUT2D eigenvalue weighted by Crippen LogP contribution is 2.34. The number of rotatable bonds is 3. The number of carbonyl (C=O) groups excluding carboxylic acids is 1. The minimum atomic E-state index is -0.710. The van der Waals surface area contributed by atoms with Crippen molar-refractivity contribution < 1.29 is 13.9 Å². The molecule has 5 nitrogen and oxygen atoms in total. The zero-order valence-electron chi connectivity index (χ0n) is 13.8. The Bertz CT molecular complexity index is 940. The van der Waals surface area contributed by atoms with E-state index >= 15 is 0 Å². The first-order chi connectivity index (χ1) is 12.0. The molecule has 0 radical (unpaired) electrons. The average molecular weight is 337 g/mol. The molecule has 0 spiro atoms. The minimum absolute atomic E-state index is 0.104. The van der Waals surface area contributed by atoms with Crippen LogP contribution in [0.15, 0.2) is 48.8 Å². The van der Waals surface area contributed by atoms with Crippen molar-refractivity contribution in [1.82, 2.24) is 9.97 Å². The number of carbonyl (C=O) groups is 1. The molecule has 0 unspecified atom stereocenters. The SMILES string of the molecule is COC(=O)c1ccc(-c2ccnc(C)c2-c2ccc(N)nc2)cc1F. The zero-order valence-corrected chi connectivity index (χ0v) is 13.8. The first-order valence-corrected chi connectivity index (χ1v) is 7.57. The Balaban J connectivity index is 2.15. The van der Waals surface area contributed by atoms with E-state index in [0.29, 0.717) is 11.4 Å². The van der Waals surface area contributed by atoms with Crippen LogP contribution in [0.25, 0.3) is 22.3 Å². The lowest BCUT2D eigenvalue weighted by atomic mass is 9.94. The number of hydrogen-bond donors (Lipinski definition) is 1. The molecule has 1 aromatic carbocycles. The minimum Gasteiger partial charge on any atom is -0.465 e. The molecule has 2 heterocycles. The molecule has 0 amide bonds. The molecule has 0 atom stereocenters. The number of nitrogens with two attached hydrogens (primary N) is 1. The molecule has 0 saturated heterocycles. The van der Waals surface area contributed by atoms with E-state index in [-0.39, 0.29) is 5.56 Å². The van der Waals surface area contributed by atoms with Crippen LogP contribution in [0.1, 0.15) is 16.1 Å². The predicted molar refractivity (Wildman–Crippen MR) is 93.4 cm³/mol. The third-order valence-corrected chi connectivity index (χ3v) is 3.90. The van der Waals surface area contributed by atoms with Crippen LogP contribution >= 0.6 is 0 Å². The number of pyridine rings is 2.